The molecule has 6 nitrogen and oxygen atoms in total. The number of aliphatic hydroxyl groups excluding tert-OH is 1. The van der Waals surface area contributed by atoms with E-state index in [1.807, 2.05) is 19.1 Å². The molecule has 3 aromatic rings. The van der Waals surface area contributed by atoms with E-state index in [1.54, 1.807) is 24.3 Å². The Morgan fingerprint density at radius 3 is 2.52 bits per heavy atom. The Labute approximate surface area is 178 Å². The molecule has 1 saturated heterocycles. The van der Waals surface area contributed by atoms with E-state index >= 15 is 0 Å². The largest absolute Gasteiger partial charge is 0.507 e. The lowest BCUT2D eigenvalue weighted by atomic mass is 9.94. The smallest absolute Gasteiger partial charge is 0.296 e. The van der Waals surface area contributed by atoms with Crippen LogP contribution in [0, 0.1) is 12.7 Å². The van der Waals surface area contributed by atoms with Gasteiger partial charge in [-0.05, 0) is 42.8 Å². The van der Waals surface area contributed by atoms with E-state index in [0.717, 1.165) is 11.6 Å². The van der Waals surface area contributed by atoms with Crippen LogP contribution in [0.1, 0.15) is 28.5 Å². The van der Waals surface area contributed by atoms with E-state index in [1.165, 1.54) is 30.4 Å². The first-order valence-corrected chi connectivity index (χ1v) is 9.62. The first kappa shape index (κ1) is 20.4. The molecule has 2 heterocycles. The zero-order valence-corrected chi connectivity index (χ0v) is 17.0. The third-order valence-corrected chi connectivity index (χ3v) is 5.26. The van der Waals surface area contributed by atoms with Crippen LogP contribution in [0.4, 0.5) is 4.39 Å². The number of Topliss-reactive ketones (excluding diaryl/α,β-unsaturated/α-hetero) is 1. The van der Waals surface area contributed by atoms with Crippen LogP contribution in [0.25, 0.3) is 5.76 Å². The molecule has 1 aromatic heterocycles. The van der Waals surface area contributed by atoms with Crippen LogP contribution in [0.5, 0.6) is 5.75 Å². The minimum Gasteiger partial charge on any atom is -0.507 e. The predicted molar refractivity (Wildman–Crippen MR) is 111 cm³/mol. The fourth-order valence-electron chi connectivity index (χ4n) is 3.68. The fourth-order valence-corrected chi connectivity index (χ4v) is 3.68. The van der Waals surface area contributed by atoms with Gasteiger partial charge in [0.15, 0.2) is 11.6 Å². The molecule has 1 fully saturated rings. The number of rotatable bonds is 5. The fraction of sp³-hybridized carbons (Fsp3) is 0.167. The molecule has 1 atom stereocenters. The van der Waals surface area contributed by atoms with Gasteiger partial charge < -0.3 is 19.2 Å². The molecule has 1 N–H and O–H groups in total. The molecule has 4 rings (SSSR count). The zero-order chi connectivity index (χ0) is 22.1. The van der Waals surface area contributed by atoms with Crippen molar-refractivity contribution in [2.45, 2.75) is 19.5 Å². The highest BCUT2D eigenvalue weighted by Gasteiger charge is 2.46. The predicted octanol–water partition coefficient (Wildman–Crippen LogP) is 4.36. The zero-order valence-electron chi connectivity index (χ0n) is 17.0. The summed E-state index contributed by atoms with van der Waals surface area (Å²) in [6, 6.07) is 13.7. The van der Waals surface area contributed by atoms with Crippen LogP contribution in [0.15, 0.2) is 70.9 Å². The van der Waals surface area contributed by atoms with Crippen LogP contribution in [0.2, 0.25) is 0 Å². The van der Waals surface area contributed by atoms with E-state index in [0.29, 0.717) is 11.3 Å². The summed E-state index contributed by atoms with van der Waals surface area (Å²) in [5, 5.41) is 11.0. The van der Waals surface area contributed by atoms with Gasteiger partial charge in [0.05, 0.1) is 31.5 Å². The van der Waals surface area contributed by atoms with Crippen molar-refractivity contribution in [1.82, 2.24) is 4.90 Å². The van der Waals surface area contributed by atoms with Gasteiger partial charge in [0.2, 0.25) is 0 Å². The number of carbonyl (C=O) groups is 2. The quantitative estimate of drug-likeness (QED) is 0.376. The average Bonchev–Trinajstić information content (AvgIpc) is 3.36. The standard InChI is InChI=1S/C24H20FNO5/c1-14-5-7-15(8-6-14)21-20(22(27)16-9-10-19(30-2)18(25)12-16)23(28)24(29)26(21)13-17-4-3-11-31-17/h3-12,21,27H,13H2,1-2H3/t21-/m1/s1. The molecular weight excluding hydrogens is 401 g/mol. The van der Waals surface area contributed by atoms with Crippen molar-refractivity contribution in [3.05, 3.63) is 94.7 Å². The maximum atomic E-state index is 14.2. The van der Waals surface area contributed by atoms with E-state index in [4.69, 9.17) is 9.15 Å². The summed E-state index contributed by atoms with van der Waals surface area (Å²) in [7, 11) is 1.33. The second-order valence-corrected chi connectivity index (χ2v) is 7.27. The molecule has 0 bridgehead atoms. The summed E-state index contributed by atoms with van der Waals surface area (Å²) in [4.78, 5) is 27.2. The molecule has 31 heavy (non-hydrogen) atoms. The average molecular weight is 421 g/mol. The number of ether oxygens (including phenoxy) is 1. The second-order valence-electron chi connectivity index (χ2n) is 7.27. The highest BCUT2D eigenvalue weighted by atomic mass is 19.1. The van der Waals surface area contributed by atoms with E-state index < -0.39 is 29.3 Å². The van der Waals surface area contributed by atoms with Crippen LogP contribution in [-0.4, -0.2) is 28.8 Å². The molecule has 0 radical (unpaired) electrons. The molecule has 7 heteroatoms. The number of benzene rings is 2. The number of carbonyl (C=O) groups excluding carboxylic acids is 2. The third-order valence-electron chi connectivity index (χ3n) is 5.26. The maximum absolute atomic E-state index is 14.2. The van der Waals surface area contributed by atoms with Gasteiger partial charge in [-0.1, -0.05) is 29.8 Å². The minimum atomic E-state index is -0.851. The highest BCUT2D eigenvalue weighted by molar-refractivity contribution is 6.46. The minimum absolute atomic E-state index is 0.00454. The van der Waals surface area contributed by atoms with Crippen LogP contribution >= 0.6 is 0 Å². The second kappa shape index (κ2) is 8.10. The number of furan rings is 1. The first-order chi connectivity index (χ1) is 14.9. The number of methoxy groups -OCH3 is 1. The Morgan fingerprint density at radius 1 is 1.16 bits per heavy atom. The summed E-state index contributed by atoms with van der Waals surface area (Å²) in [6.07, 6.45) is 1.48. The number of aryl methyl sites for hydroxylation is 1. The lowest BCUT2D eigenvalue weighted by Crippen LogP contribution is -2.29. The van der Waals surface area contributed by atoms with E-state index in [9.17, 15) is 19.1 Å². The maximum Gasteiger partial charge on any atom is 0.296 e. The van der Waals surface area contributed by atoms with E-state index in [-0.39, 0.29) is 23.4 Å². The Bertz CT molecular complexity index is 1170. The number of hydrogen-bond donors (Lipinski definition) is 1. The number of amides is 1. The number of halogens is 1. The Kier molecular flexibility index (Phi) is 5.33. The molecule has 0 saturated carbocycles. The topological polar surface area (TPSA) is 80.0 Å². The van der Waals surface area contributed by atoms with Gasteiger partial charge in [0, 0.05) is 5.56 Å². The lowest BCUT2D eigenvalue weighted by molar-refractivity contribution is -0.140. The number of hydrogen-bond acceptors (Lipinski definition) is 5. The number of nitrogens with zero attached hydrogens (tertiary/aromatic N) is 1. The van der Waals surface area contributed by atoms with Crippen molar-refractivity contribution < 1.29 is 28.2 Å². The van der Waals surface area contributed by atoms with Gasteiger partial charge >= 0.3 is 0 Å². The summed E-state index contributed by atoms with van der Waals surface area (Å²) in [6.45, 7) is 1.97. The molecule has 2 aromatic carbocycles. The molecule has 1 amide bonds. The summed E-state index contributed by atoms with van der Waals surface area (Å²) in [5.74, 6) is -2.25. The molecule has 0 aliphatic carbocycles. The van der Waals surface area contributed by atoms with E-state index in [2.05, 4.69) is 0 Å². The van der Waals surface area contributed by atoms with Gasteiger partial charge in [-0.25, -0.2) is 4.39 Å². The SMILES string of the molecule is COc1ccc(C(O)=C2C(=O)C(=O)N(Cc3ccco3)[C@@H]2c2ccc(C)cc2)cc1F. The Morgan fingerprint density at radius 2 is 1.90 bits per heavy atom. The summed E-state index contributed by atoms with van der Waals surface area (Å²) >= 11 is 0. The number of likely N-dealkylation sites (tertiary alicyclic amines) is 1. The van der Waals surface area contributed by atoms with Crippen molar-refractivity contribution in [1.29, 1.82) is 0 Å². The molecule has 0 unspecified atom stereocenters. The Hall–Kier alpha value is -3.87. The van der Waals surface area contributed by atoms with Gasteiger partial charge in [-0.3, -0.25) is 9.59 Å². The lowest BCUT2D eigenvalue weighted by Gasteiger charge is -2.24. The third kappa shape index (κ3) is 3.70. The normalized spacial score (nSPS) is 17.9. The van der Waals surface area contributed by atoms with Crippen LogP contribution in [-0.2, 0) is 16.1 Å². The molecule has 1 aliphatic heterocycles. The van der Waals surface area contributed by atoms with Crippen molar-refractivity contribution in [2.75, 3.05) is 7.11 Å². The van der Waals surface area contributed by atoms with Gasteiger partial charge in [-0.2, -0.15) is 0 Å². The molecular formula is C24H20FNO5. The summed E-state index contributed by atoms with van der Waals surface area (Å²) in [5.41, 5.74) is 1.62. The van der Waals surface area contributed by atoms with Crippen LogP contribution in [0.3, 0.4) is 0 Å². The monoisotopic (exact) mass is 421 g/mol. The summed E-state index contributed by atoms with van der Waals surface area (Å²) < 4.78 is 24.5. The molecule has 0 spiro atoms. The van der Waals surface area contributed by atoms with Crippen molar-refractivity contribution >= 4 is 17.4 Å². The van der Waals surface area contributed by atoms with Crippen molar-refractivity contribution in [2.24, 2.45) is 0 Å². The van der Waals surface area contributed by atoms with Crippen molar-refractivity contribution in [3.63, 3.8) is 0 Å². The molecule has 158 valence electrons. The van der Waals surface area contributed by atoms with Crippen molar-refractivity contribution in [3.8, 4) is 5.75 Å². The number of ketones is 1. The first-order valence-electron chi connectivity index (χ1n) is 9.62. The van der Waals surface area contributed by atoms with Gasteiger partial charge in [-0.15, -0.1) is 0 Å². The number of aliphatic hydroxyl groups is 1. The Balaban J connectivity index is 1.86. The van der Waals surface area contributed by atoms with Gasteiger partial charge in [0.25, 0.3) is 11.7 Å². The molecule has 1 aliphatic rings. The highest BCUT2D eigenvalue weighted by Crippen LogP contribution is 2.40. The van der Waals surface area contributed by atoms with Crippen LogP contribution < -0.4 is 4.74 Å². The van der Waals surface area contributed by atoms with Gasteiger partial charge in [0.1, 0.15) is 11.5 Å².